The van der Waals surface area contributed by atoms with Crippen molar-refractivity contribution >= 4 is 38.3 Å². The van der Waals surface area contributed by atoms with Gasteiger partial charge in [-0.25, -0.2) is 8.42 Å². The first-order chi connectivity index (χ1) is 17.3. The summed E-state index contributed by atoms with van der Waals surface area (Å²) < 4.78 is 39.7. The average Bonchev–Trinajstić information content (AvgIpc) is 3.37. The highest BCUT2D eigenvalue weighted by Crippen LogP contribution is 2.33. The van der Waals surface area contributed by atoms with Crippen molar-refractivity contribution in [1.82, 2.24) is 9.72 Å². The Kier molecular flexibility index (Phi) is 6.03. The lowest BCUT2D eigenvalue weighted by Gasteiger charge is -2.16. The predicted molar refractivity (Wildman–Crippen MR) is 139 cm³/mol. The Morgan fingerprint density at radius 3 is 2.47 bits per heavy atom. The number of anilines is 1. The molecule has 0 saturated carbocycles. The summed E-state index contributed by atoms with van der Waals surface area (Å²) in [6.07, 6.45) is 1.27. The van der Waals surface area contributed by atoms with Crippen LogP contribution in [0.5, 0.6) is 5.75 Å². The number of sulfonamides is 1. The van der Waals surface area contributed by atoms with Crippen molar-refractivity contribution in [1.29, 1.82) is 0 Å². The van der Waals surface area contributed by atoms with Crippen LogP contribution in [0.4, 0.5) is 5.82 Å². The first kappa shape index (κ1) is 23.7. The van der Waals surface area contributed by atoms with Crippen LogP contribution >= 0.6 is 11.6 Å². The molecule has 0 aliphatic heterocycles. The fourth-order valence-corrected chi connectivity index (χ4v) is 5.12. The first-order valence-electron chi connectivity index (χ1n) is 10.8. The highest BCUT2D eigenvalue weighted by Gasteiger charge is 2.18. The van der Waals surface area contributed by atoms with Crippen LogP contribution in [-0.2, 0) is 10.0 Å². The summed E-state index contributed by atoms with van der Waals surface area (Å²) in [6.45, 7) is 1.93. The molecule has 0 bridgehead atoms. The number of fused-ring (bicyclic) bond motifs is 1. The van der Waals surface area contributed by atoms with Crippen LogP contribution in [0.25, 0.3) is 27.7 Å². The molecule has 5 aromatic rings. The van der Waals surface area contributed by atoms with E-state index in [1.165, 1.54) is 42.2 Å². The van der Waals surface area contributed by atoms with Gasteiger partial charge in [-0.3, -0.25) is 14.1 Å². The van der Waals surface area contributed by atoms with E-state index in [1.54, 1.807) is 18.2 Å². The Bertz CT molecular complexity index is 1760. The van der Waals surface area contributed by atoms with Gasteiger partial charge < -0.3 is 9.26 Å². The zero-order chi connectivity index (χ0) is 25.4. The van der Waals surface area contributed by atoms with Gasteiger partial charge in [0.1, 0.15) is 12.0 Å². The van der Waals surface area contributed by atoms with Gasteiger partial charge in [-0.2, -0.15) is 0 Å². The lowest BCUT2D eigenvalue weighted by atomic mass is 10.0. The summed E-state index contributed by atoms with van der Waals surface area (Å²) in [7, 11) is -2.38. The van der Waals surface area contributed by atoms with Crippen molar-refractivity contribution in [3.8, 4) is 22.6 Å². The number of benzene rings is 3. The molecule has 36 heavy (non-hydrogen) atoms. The summed E-state index contributed by atoms with van der Waals surface area (Å²) >= 11 is 6.30. The SMILES string of the molecule is COc1cc(-c2ccc(C)c(Cl)c2)ccc1-n1c(=O)ccc2cc(S(=O)(=O)Nc3ccon3)ccc21. The fourth-order valence-electron chi connectivity index (χ4n) is 3.92. The van der Waals surface area contributed by atoms with E-state index in [2.05, 4.69) is 14.4 Å². The van der Waals surface area contributed by atoms with Crippen molar-refractivity contribution in [3.63, 3.8) is 0 Å². The Morgan fingerprint density at radius 1 is 0.972 bits per heavy atom. The van der Waals surface area contributed by atoms with E-state index in [9.17, 15) is 13.2 Å². The normalized spacial score (nSPS) is 11.5. The summed E-state index contributed by atoms with van der Waals surface area (Å²) in [5.74, 6) is 0.544. The Labute approximate surface area is 211 Å². The van der Waals surface area contributed by atoms with Gasteiger partial charge in [0.25, 0.3) is 15.6 Å². The van der Waals surface area contributed by atoms with Gasteiger partial charge in [0.2, 0.25) is 0 Å². The van der Waals surface area contributed by atoms with E-state index >= 15 is 0 Å². The molecule has 10 heteroatoms. The summed E-state index contributed by atoms with van der Waals surface area (Å²) in [5, 5.41) is 4.79. The number of rotatable bonds is 6. The highest BCUT2D eigenvalue weighted by molar-refractivity contribution is 7.92. The molecule has 3 aromatic carbocycles. The van der Waals surface area contributed by atoms with Crippen LogP contribution in [0.15, 0.2) is 93.3 Å². The minimum Gasteiger partial charge on any atom is -0.495 e. The predicted octanol–water partition coefficient (Wildman–Crippen LogP) is 5.42. The van der Waals surface area contributed by atoms with E-state index in [-0.39, 0.29) is 16.3 Å². The van der Waals surface area contributed by atoms with Gasteiger partial charge in [0, 0.05) is 22.5 Å². The molecule has 2 heterocycles. The number of nitrogens with zero attached hydrogens (tertiary/aromatic N) is 2. The molecule has 0 radical (unpaired) electrons. The summed E-state index contributed by atoms with van der Waals surface area (Å²) in [4.78, 5) is 13.0. The maximum absolute atomic E-state index is 13.0. The zero-order valence-electron chi connectivity index (χ0n) is 19.2. The molecule has 0 spiro atoms. The summed E-state index contributed by atoms with van der Waals surface area (Å²) in [6, 6.07) is 20.2. The molecule has 182 valence electrons. The van der Waals surface area contributed by atoms with Crippen LogP contribution in [0.1, 0.15) is 5.56 Å². The monoisotopic (exact) mass is 521 g/mol. The minimum atomic E-state index is -3.91. The number of nitrogens with one attached hydrogen (secondary N) is 1. The molecule has 5 rings (SSSR count). The standard InChI is InChI=1S/C26H20ClN3O5S/c1-16-3-4-17(14-21(16)27)18-5-8-23(24(15-18)34-2)30-22-9-7-20(13-19(22)6-10-26(30)31)36(32,33)29-25-11-12-35-28-25/h3-15H,1-2H3,(H,28,29). The number of hydrogen-bond donors (Lipinski definition) is 1. The van der Waals surface area contributed by atoms with Crippen LogP contribution in [-0.4, -0.2) is 25.3 Å². The number of aromatic nitrogens is 2. The Hall–Kier alpha value is -4.08. The number of aryl methyl sites for hydroxylation is 1. The third-order valence-corrected chi connectivity index (χ3v) is 7.54. The topological polar surface area (TPSA) is 103 Å². The van der Waals surface area contributed by atoms with Crippen LogP contribution < -0.4 is 15.0 Å². The van der Waals surface area contributed by atoms with E-state index in [0.717, 1.165) is 16.7 Å². The lowest BCUT2D eigenvalue weighted by molar-refractivity contribution is 0.413. The van der Waals surface area contributed by atoms with E-state index in [1.807, 2.05) is 37.3 Å². The van der Waals surface area contributed by atoms with Gasteiger partial charge in [-0.05, 0) is 66.1 Å². The molecule has 0 aliphatic carbocycles. The molecule has 0 amide bonds. The number of ether oxygens (including phenoxy) is 1. The maximum atomic E-state index is 13.0. The van der Waals surface area contributed by atoms with Gasteiger partial charge in [-0.1, -0.05) is 35.0 Å². The smallest absolute Gasteiger partial charge is 0.263 e. The van der Waals surface area contributed by atoms with E-state index < -0.39 is 10.0 Å². The Balaban J connectivity index is 1.61. The second-order valence-electron chi connectivity index (χ2n) is 8.07. The molecule has 0 fully saturated rings. The first-order valence-corrected chi connectivity index (χ1v) is 12.7. The number of methoxy groups -OCH3 is 1. The molecular weight excluding hydrogens is 502 g/mol. The average molecular weight is 522 g/mol. The third-order valence-electron chi connectivity index (χ3n) is 5.78. The van der Waals surface area contributed by atoms with Crippen molar-refractivity contribution in [2.24, 2.45) is 0 Å². The van der Waals surface area contributed by atoms with Gasteiger partial charge in [-0.15, -0.1) is 0 Å². The van der Waals surface area contributed by atoms with Crippen molar-refractivity contribution in [3.05, 3.63) is 100.0 Å². The minimum absolute atomic E-state index is 0.0155. The largest absolute Gasteiger partial charge is 0.495 e. The molecular formula is C26H20ClN3O5S. The number of hydrogen-bond acceptors (Lipinski definition) is 6. The Morgan fingerprint density at radius 2 is 1.75 bits per heavy atom. The highest BCUT2D eigenvalue weighted by atomic mass is 35.5. The fraction of sp³-hybridized carbons (Fsp3) is 0.0769. The summed E-state index contributed by atoms with van der Waals surface area (Å²) in [5.41, 5.74) is 3.51. The van der Waals surface area contributed by atoms with Gasteiger partial charge in [0.15, 0.2) is 5.82 Å². The molecule has 0 saturated heterocycles. The second kappa shape index (κ2) is 9.18. The van der Waals surface area contributed by atoms with Crippen LogP contribution in [0, 0.1) is 6.92 Å². The van der Waals surface area contributed by atoms with E-state index in [0.29, 0.717) is 27.4 Å². The molecule has 0 aliphatic rings. The quantitative estimate of drug-likeness (QED) is 0.320. The van der Waals surface area contributed by atoms with Gasteiger partial charge >= 0.3 is 0 Å². The molecule has 1 N–H and O–H groups in total. The number of pyridine rings is 1. The van der Waals surface area contributed by atoms with E-state index in [4.69, 9.17) is 16.3 Å². The van der Waals surface area contributed by atoms with Gasteiger partial charge in [0.05, 0.1) is 23.2 Å². The van der Waals surface area contributed by atoms with Crippen molar-refractivity contribution in [2.45, 2.75) is 11.8 Å². The zero-order valence-corrected chi connectivity index (χ0v) is 20.8. The second-order valence-corrected chi connectivity index (χ2v) is 10.2. The maximum Gasteiger partial charge on any atom is 0.263 e. The third kappa shape index (κ3) is 4.34. The van der Waals surface area contributed by atoms with Crippen molar-refractivity contribution in [2.75, 3.05) is 11.8 Å². The number of halogens is 1. The molecule has 8 nitrogen and oxygen atoms in total. The van der Waals surface area contributed by atoms with Crippen LogP contribution in [0.3, 0.4) is 0 Å². The molecule has 0 unspecified atom stereocenters. The van der Waals surface area contributed by atoms with Crippen LogP contribution in [0.2, 0.25) is 5.02 Å². The molecule has 0 atom stereocenters. The van der Waals surface area contributed by atoms with Crippen molar-refractivity contribution < 1.29 is 17.7 Å². The molecule has 2 aromatic heterocycles. The lowest BCUT2D eigenvalue weighted by Crippen LogP contribution is -2.18.